The van der Waals surface area contributed by atoms with Crippen molar-refractivity contribution in [3.8, 4) is 0 Å². The van der Waals surface area contributed by atoms with E-state index >= 15 is 0 Å². The Morgan fingerprint density at radius 3 is 2.68 bits per heavy atom. The van der Waals surface area contributed by atoms with Gasteiger partial charge in [0.1, 0.15) is 5.82 Å². The molecular weight excluding hydrogens is 265 g/mol. The quantitative estimate of drug-likeness (QED) is 0.739. The molecule has 19 heavy (non-hydrogen) atoms. The minimum absolute atomic E-state index is 0.213. The molecule has 2 nitrogen and oxygen atoms in total. The van der Waals surface area contributed by atoms with Crippen molar-refractivity contribution in [3.05, 3.63) is 34.6 Å². The summed E-state index contributed by atoms with van der Waals surface area (Å²) in [6, 6.07) is 4.86. The summed E-state index contributed by atoms with van der Waals surface area (Å²) in [6.45, 7) is 6.64. The van der Waals surface area contributed by atoms with Gasteiger partial charge in [0.05, 0.1) is 6.61 Å². The van der Waals surface area contributed by atoms with Gasteiger partial charge in [-0.3, -0.25) is 0 Å². The van der Waals surface area contributed by atoms with E-state index in [9.17, 15) is 4.39 Å². The molecule has 1 aromatic carbocycles. The highest BCUT2D eigenvalue weighted by Crippen LogP contribution is 2.25. The molecule has 0 aliphatic carbocycles. The first kappa shape index (κ1) is 16.4. The van der Waals surface area contributed by atoms with E-state index in [0.717, 1.165) is 13.1 Å². The van der Waals surface area contributed by atoms with E-state index in [0.29, 0.717) is 35.4 Å². The fourth-order valence-electron chi connectivity index (χ4n) is 1.99. The van der Waals surface area contributed by atoms with Crippen molar-refractivity contribution in [3.63, 3.8) is 0 Å². The Kier molecular flexibility index (Phi) is 7.36. The minimum atomic E-state index is -0.213. The van der Waals surface area contributed by atoms with Crippen LogP contribution >= 0.6 is 11.6 Å². The number of ether oxygens (including phenoxy) is 1. The Bertz CT molecular complexity index is 364. The number of methoxy groups -OCH3 is 1. The van der Waals surface area contributed by atoms with Gasteiger partial charge in [-0.2, -0.15) is 0 Å². The van der Waals surface area contributed by atoms with Gasteiger partial charge in [-0.15, -0.1) is 0 Å². The molecular formula is C15H23ClFNO. The van der Waals surface area contributed by atoms with Gasteiger partial charge in [-0.05, 0) is 36.9 Å². The van der Waals surface area contributed by atoms with Crippen LogP contribution in [0, 0.1) is 17.7 Å². The fraction of sp³-hybridized carbons (Fsp3) is 0.600. The van der Waals surface area contributed by atoms with Gasteiger partial charge >= 0.3 is 0 Å². The maximum absolute atomic E-state index is 13.8. The van der Waals surface area contributed by atoms with Crippen LogP contribution < -0.4 is 5.32 Å². The molecule has 0 saturated carbocycles. The van der Waals surface area contributed by atoms with Crippen LogP contribution in [0.15, 0.2) is 18.2 Å². The average Bonchev–Trinajstić information content (AvgIpc) is 2.36. The molecule has 0 heterocycles. The number of halogens is 2. The van der Waals surface area contributed by atoms with Gasteiger partial charge in [-0.1, -0.05) is 31.5 Å². The third kappa shape index (κ3) is 5.47. The largest absolute Gasteiger partial charge is 0.383 e. The topological polar surface area (TPSA) is 21.3 Å². The molecule has 108 valence electrons. The summed E-state index contributed by atoms with van der Waals surface area (Å²) < 4.78 is 18.8. The van der Waals surface area contributed by atoms with Crippen LogP contribution in [0.3, 0.4) is 0 Å². The van der Waals surface area contributed by atoms with Gasteiger partial charge in [0.25, 0.3) is 0 Å². The first-order valence-electron chi connectivity index (χ1n) is 6.68. The average molecular weight is 288 g/mol. The molecule has 0 spiro atoms. The lowest BCUT2D eigenvalue weighted by atomic mass is 9.89. The van der Waals surface area contributed by atoms with E-state index in [1.807, 2.05) is 0 Å². The van der Waals surface area contributed by atoms with E-state index in [-0.39, 0.29) is 5.82 Å². The van der Waals surface area contributed by atoms with Crippen molar-refractivity contribution in [1.82, 2.24) is 5.32 Å². The minimum Gasteiger partial charge on any atom is -0.383 e. The number of hydrogen-bond donors (Lipinski definition) is 1. The second kappa shape index (κ2) is 8.51. The fourth-order valence-corrected chi connectivity index (χ4v) is 2.23. The third-order valence-corrected chi connectivity index (χ3v) is 3.71. The molecule has 0 aliphatic rings. The lowest BCUT2D eigenvalue weighted by Crippen LogP contribution is -2.30. The molecule has 0 radical (unpaired) electrons. The molecule has 0 aromatic heterocycles. The molecule has 4 heteroatoms. The number of hydrogen-bond acceptors (Lipinski definition) is 2. The molecule has 1 atom stereocenters. The Morgan fingerprint density at radius 1 is 1.37 bits per heavy atom. The zero-order valence-electron chi connectivity index (χ0n) is 11.9. The zero-order chi connectivity index (χ0) is 14.3. The summed E-state index contributed by atoms with van der Waals surface area (Å²) in [5.74, 6) is 0.604. The second-order valence-corrected chi connectivity index (χ2v) is 5.51. The summed E-state index contributed by atoms with van der Waals surface area (Å²) in [4.78, 5) is 0. The van der Waals surface area contributed by atoms with Crippen molar-refractivity contribution in [1.29, 1.82) is 0 Å². The van der Waals surface area contributed by atoms with Crippen molar-refractivity contribution in [2.24, 2.45) is 11.8 Å². The number of nitrogens with one attached hydrogen (secondary N) is 1. The molecule has 1 unspecified atom stereocenters. The lowest BCUT2D eigenvalue weighted by Gasteiger charge is -2.22. The van der Waals surface area contributed by atoms with Crippen LogP contribution in [0.1, 0.15) is 19.4 Å². The highest BCUT2D eigenvalue weighted by Gasteiger charge is 2.17. The molecule has 0 fully saturated rings. The summed E-state index contributed by atoms with van der Waals surface area (Å²) in [6.07, 6.45) is 0.656. The first-order valence-corrected chi connectivity index (χ1v) is 7.06. The molecule has 0 amide bonds. The van der Waals surface area contributed by atoms with E-state index in [4.69, 9.17) is 16.3 Å². The van der Waals surface area contributed by atoms with Crippen molar-refractivity contribution < 1.29 is 9.13 Å². The predicted molar refractivity (Wildman–Crippen MR) is 78.2 cm³/mol. The highest BCUT2D eigenvalue weighted by atomic mass is 35.5. The highest BCUT2D eigenvalue weighted by molar-refractivity contribution is 6.31. The van der Waals surface area contributed by atoms with Crippen LogP contribution in [-0.2, 0) is 11.2 Å². The van der Waals surface area contributed by atoms with Crippen LogP contribution in [0.25, 0.3) is 0 Å². The smallest absolute Gasteiger partial charge is 0.127 e. The zero-order valence-corrected chi connectivity index (χ0v) is 12.6. The Morgan fingerprint density at radius 2 is 2.11 bits per heavy atom. The maximum atomic E-state index is 13.8. The molecule has 0 bridgehead atoms. The van der Waals surface area contributed by atoms with Crippen LogP contribution in [0.5, 0.6) is 0 Å². The Labute approximate surface area is 120 Å². The van der Waals surface area contributed by atoms with Gasteiger partial charge in [0.15, 0.2) is 0 Å². The van der Waals surface area contributed by atoms with E-state index in [1.54, 1.807) is 19.2 Å². The standard InChI is InChI=1S/C15H23ClFNO/c1-11(2)12(10-18-7-8-19-3)9-13-14(16)5-4-6-15(13)17/h4-6,11-12,18H,7-10H2,1-3H3. The van der Waals surface area contributed by atoms with Gasteiger partial charge in [-0.25, -0.2) is 4.39 Å². The summed E-state index contributed by atoms with van der Waals surface area (Å²) in [5, 5.41) is 3.85. The Hall–Kier alpha value is -0.640. The number of benzene rings is 1. The van der Waals surface area contributed by atoms with Gasteiger partial charge in [0, 0.05) is 24.2 Å². The van der Waals surface area contributed by atoms with E-state index in [1.165, 1.54) is 6.07 Å². The Balaban J connectivity index is 2.62. The first-order chi connectivity index (χ1) is 9.06. The van der Waals surface area contributed by atoms with Gasteiger partial charge in [0.2, 0.25) is 0 Å². The predicted octanol–water partition coefficient (Wildman–Crippen LogP) is 3.53. The third-order valence-electron chi connectivity index (χ3n) is 3.36. The maximum Gasteiger partial charge on any atom is 0.127 e. The molecule has 0 aliphatic heterocycles. The molecule has 0 saturated heterocycles. The molecule has 1 rings (SSSR count). The lowest BCUT2D eigenvalue weighted by molar-refractivity contribution is 0.196. The summed E-state index contributed by atoms with van der Waals surface area (Å²) in [7, 11) is 1.68. The van der Waals surface area contributed by atoms with Crippen LogP contribution in [0.4, 0.5) is 4.39 Å². The second-order valence-electron chi connectivity index (χ2n) is 5.11. The summed E-state index contributed by atoms with van der Waals surface area (Å²) in [5.41, 5.74) is 0.622. The number of rotatable bonds is 8. The monoisotopic (exact) mass is 287 g/mol. The SMILES string of the molecule is COCCNCC(Cc1c(F)cccc1Cl)C(C)C. The molecule has 1 aromatic rings. The van der Waals surface area contributed by atoms with Crippen LogP contribution in [0.2, 0.25) is 5.02 Å². The van der Waals surface area contributed by atoms with Crippen LogP contribution in [-0.4, -0.2) is 26.8 Å². The van der Waals surface area contributed by atoms with Crippen molar-refractivity contribution in [2.75, 3.05) is 26.8 Å². The normalized spacial score (nSPS) is 12.9. The van der Waals surface area contributed by atoms with E-state index in [2.05, 4.69) is 19.2 Å². The summed E-state index contributed by atoms with van der Waals surface area (Å²) >= 11 is 6.08. The van der Waals surface area contributed by atoms with E-state index < -0.39 is 0 Å². The molecule has 1 N–H and O–H groups in total. The van der Waals surface area contributed by atoms with Crippen molar-refractivity contribution >= 4 is 11.6 Å². The van der Waals surface area contributed by atoms with Gasteiger partial charge < -0.3 is 10.1 Å². The van der Waals surface area contributed by atoms with Crippen molar-refractivity contribution in [2.45, 2.75) is 20.3 Å².